The summed E-state index contributed by atoms with van der Waals surface area (Å²) in [6, 6.07) is 3.77. The number of hydrogen-bond acceptors (Lipinski definition) is 4. The number of pyridine rings is 1. The molecule has 0 amide bonds. The number of nitrogens with zero attached hydrogens (tertiary/aromatic N) is 3. The third-order valence-corrected chi connectivity index (χ3v) is 3.10. The predicted molar refractivity (Wildman–Crippen MR) is 76.8 cm³/mol. The first-order valence-electron chi connectivity index (χ1n) is 7.26. The zero-order valence-electron chi connectivity index (χ0n) is 12.7. The molecule has 1 N–H and O–H groups in total. The van der Waals surface area contributed by atoms with Crippen molar-refractivity contribution >= 4 is 5.78 Å². The van der Waals surface area contributed by atoms with E-state index in [-0.39, 0.29) is 29.4 Å². The number of carbonyl (C=O) groups is 1. The number of aromatic nitrogens is 4. The first-order valence-corrected chi connectivity index (χ1v) is 7.26. The van der Waals surface area contributed by atoms with Gasteiger partial charge in [0.2, 0.25) is 0 Å². The Labute approximate surface area is 140 Å². The number of halogens is 1. The number of ketones is 1. The molecule has 22 heavy (non-hydrogen) atoms. The van der Waals surface area contributed by atoms with Crippen LogP contribution in [-0.4, -0.2) is 27.8 Å². The lowest BCUT2D eigenvalue weighted by molar-refractivity contribution is -0.697. The van der Waals surface area contributed by atoms with E-state index in [1.807, 2.05) is 24.5 Å². The molecule has 0 unspecified atom stereocenters. The van der Waals surface area contributed by atoms with Crippen LogP contribution in [0.25, 0.3) is 0 Å². The van der Waals surface area contributed by atoms with E-state index in [2.05, 4.69) is 26.9 Å². The molecular weight excluding hydrogens is 348 g/mol. The fraction of sp³-hybridized carbons (Fsp3) is 0.467. The highest BCUT2D eigenvalue weighted by Gasteiger charge is 2.06. The Bertz CT molecular complexity index is 543. The van der Waals surface area contributed by atoms with E-state index >= 15 is 0 Å². The lowest BCUT2D eigenvalue weighted by atomic mass is 10.1. The molecule has 120 valence electrons. The molecule has 0 aliphatic heterocycles. The van der Waals surface area contributed by atoms with Crippen LogP contribution in [0.5, 0.6) is 5.75 Å². The highest BCUT2D eigenvalue weighted by Crippen LogP contribution is 2.07. The van der Waals surface area contributed by atoms with Crippen LogP contribution in [-0.2, 0) is 17.8 Å². The van der Waals surface area contributed by atoms with Crippen LogP contribution in [0.1, 0.15) is 31.9 Å². The molecule has 0 saturated carbocycles. The van der Waals surface area contributed by atoms with Crippen LogP contribution in [0, 0.1) is 0 Å². The van der Waals surface area contributed by atoms with Crippen molar-refractivity contribution in [1.29, 1.82) is 0 Å². The molecule has 0 aliphatic carbocycles. The van der Waals surface area contributed by atoms with Gasteiger partial charge in [0.1, 0.15) is 18.9 Å². The van der Waals surface area contributed by atoms with Crippen molar-refractivity contribution in [2.24, 2.45) is 0 Å². The normalized spacial score (nSPS) is 10.0. The van der Waals surface area contributed by atoms with E-state index in [9.17, 15) is 4.79 Å². The molecule has 2 aromatic rings. The minimum Gasteiger partial charge on any atom is -1.00 e. The zero-order chi connectivity index (χ0) is 14.9. The predicted octanol–water partition coefficient (Wildman–Crippen LogP) is -1.52. The van der Waals surface area contributed by atoms with E-state index in [1.54, 1.807) is 6.20 Å². The molecule has 7 heteroatoms. The Morgan fingerprint density at radius 3 is 2.77 bits per heavy atom. The summed E-state index contributed by atoms with van der Waals surface area (Å²) in [5, 5.41) is 10.2. The van der Waals surface area contributed by atoms with Crippen molar-refractivity contribution in [2.45, 2.75) is 39.2 Å². The Hall–Kier alpha value is -1.76. The highest BCUT2D eigenvalue weighted by molar-refractivity contribution is 5.79. The van der Waals surface area contributed by atoms with Gasteiger partial charge in [0.05, 0.1) is 11.9 Å². The van der Waals surface area contributed by atoms with Gasteiger partial charge < -0.3 is 21.7 Å². The summed E-state index contributed by atoms with van der Waals surface area (Å²) in [4.78, 5) is 11.7. The van der Waals surface area contributed by atoms with Crippen molar-refractivity contribution in [3.05, 3.63) is 36.4 Å². The minimum atomic E-state index is 0. The number of carbonyl (C=O) groups excluding carboxylic acids is 1. The lowest BCUT2D eigenvalue weighted by Crippen LogP contribution is -3.00. The molecule has 0 aromatic carbocycles. The second-order valence-electron chi connectivity index (χ2n) is 4.91. The number of ether oxygens (including phenoxy) is 1. The molecule has 2 aromatic heterocycles. The fourth-order valence-electron chi connectivity index (χ4n) is 2.00. The Morgan fingerprint density at radius 2 is 2.14 bits per heavy atom. The monoisotopic (exact) mass is 368 g/mol. The Balaban J connectivity index is 0.00000242. The molecule has 0 saturated heterocycles. The third kappa shape index (κ3) is 6.34. The first-order chi connectivity index (χ1) is 10.3. The maximum atomic E-state index is 11.7. The number of H-pyrrole nitrogens is 1. The van der Waals surface area contributed by atoms with Crippen LogP contribution in [0.4, 0.5) is 0 Å². The lowest BCUT2D eigenvalue weighted by Gasteiger charge is -2.04. The van der Waals surface area contributed by atoms with Gasteiger partial charge in [-0.05, 0) is 12.8 Å². The third-order valence-electron chi connectivity index (χ3n) is 3.10. The number of aromatic amines is 1. The number of rotatable bonds is 9. The maximum Gasteiger partial charge on any atom is 0.172 e. The maximum absolute atomic E-state index is 11.7. The van der Waals surface area contributed by atoms with Gasteiger partial charge >= 0.3 is 0 Å². The second kappa shape index (κ2) is 10.0. The van der Waals surface area contributed by atoms with Crippen LogP contribution >= 0.6 is 0 Å². The van der Waals surface area contributed by atoms with E-state index < -0.39 is 0 Å². The summed E-state index contributed by atoms with van der Waals surface area (Å²) in [6.45, 7) is 3.24. The number of Topliss-reactive ketones (excluding diaryl/α,β-unsaturated/α-hetero) is 1. The molecule has 0 spiro atoms. The first kappa shape index (κ1) is 18.3. The number of nitrogens with one attached hydrogen (secondary N) is 1. The van der Waals surface area contributed by atoms with Gasteiger partial charge in [-0.2, -0.15) is 15.4 Å². The Kier molecular flexibility index (Phi) is 8.35. The van der Waals surface area contributed by atoms with Gasteiger partial charge in [-0.25, -0.2) is 4.57 Å². The van der Waals surface area contributed by atoms with Crippen molar-refractivity contribution in [3.63, 3.8) is 0 Å². The standard InChI is InChI=1S/C15H21N4O2.BrH/c1-2-8-19-9-6-15(7-10-19)21-12-14(20)5-3-4-13-11-16-18-17-13;/h6-7,9-11H,2-5,8,12H2,1H3,(H,16,17,18);1H/q+1;/p-1. The zero-order valence-corrected chi connectivity index (χ0v) is 14.3. The second-order valence-corrected chi connectivity index (χ2v) is 4.91. The van der Waals surface area contributed by atoms with Crippen LogP contribution in [0.2, 0.25) is 0 Å². The van der Waals surface area contributed by atoms with Gasteiger partial charge in [-0.15, -0.1) is 0 Å². The molecule has 2 heterocycles. The molecule has 0 fully saturated rings. The van der Waals surface area contributed by atoms with E-state index in [0.717, 1.165) is 37.3 Å². The largest absolute Gasteiger partial charge is 1.00 e. The van der Waals surface area contributed by atoms with Gasteiger partial charge in [-0.3, -0.25) is 4.79 Å². The summed E-state index contributed by atoms with van der Waals surface area (Å²) in [5.41, 5.74) is 0.882. The van der Waals surface area contributed by atoms with Gasteiger partial charge in [0.25, 0.3) is 0 Å². The fourth-order valence-corrected chi connectivity index (χ4v) is 2.00. The van der Waals surface area contributed by atoms with Crippen LogP contribution in [0.3, 0.4) is 0 Å². The molecule has 0 aliphatic rings. The van der Waals surface area contributed by atoms with E-state index in [1.165, 1.54) is 0 Å². The molecule has 0 atom stereocenters. The molecule has 0 bridgehead atoms. The van der Waals surface area contributed by atoms with Crippen molar-refractivity contribution in [3.8, 4) is 5.75 Å². The van der Waals surface area contributed by atoms with Gasteiger partial charge in [0.15, 0.2) is 18.2 Å². The smallest absolute Gasteiger partial charge is 0.172 e. The van der Waals surface area contributed by atoms with Crippen LogP contribution < -0.4 is 26.3 Å². The average Bonchev–Trinajstić information content (AvgIpc) is 3.00. The molecule has 2 rings (SSSR count). The van der Waals surface area contributed by atoms with Gasteiger partial charge in [-0.1, -0.05) is 6.92 Å². The topological polar surface area (TPSA) is 71.8 Å². The van der Waals surface area contributed by atoms with Crippen molar-refractivity contribution < 1.29 is 31.1 Å². The molecule has 6 nitrogen and oxygen atoms in total. The summed E-state index contributed by atoms with van der Waals surface area (Å²) >= 11 is 0. The SMILES string of the molecule is CCC[n+]1ccc(OCC(=O)CCCc2cn[nH]n2)cc1.[Br-]. The van der Waals surface area contributed by atoms with Crippen molar-refractivity contribution in [1.82, 2.24) is 15.4 Å². The minimum absolute atomic E-state index is 0. The molecular formula is C15H21BrN4O2. The number of aryl methyl sites for hydroxylation is 2. The Morgan fingerprint density at radius 1 is 1.36 bits per heavy atom. The van der Waals surface area contributed by atoms with Gasteiger partial charge in [0, 0.05) is 25.0 Å². The van der Waals surface area contributed by atoms with E-state index in [4.69, 9.17) is 4.74 Å². The van der Waals surface area contributed by atoms with E-state index in [0.29, 0.717) is 6.42 Å². The number of hydrogen-bond donors (Lipinski definition) is 1. The summed E-state index contributed by atoms with van der Waals surface area (Å²) in [6.07, 6.45) is 8.72. The average molecular weight is 369 g/mol. The van der Waals surface area contributed by atoms with Crippen molar-refractivity contribution in [2.75, 3.05) is 6.61 Å². The summed E-state index contributed by atoms with van der Waals surface area (Å²) in [5.74, 6) is 0.830. The summed E-state index contributed by atoms with van der Waals surface area (Å²) < 4.78 is 7.58. The van der Waals surface area contributed by atoms with Crippen LogP contribution in [0.15, 0.2) is 30.7 Å². The highest BCUT2D eigenvalue weighted by atomic mass is 79.9. The summed E-state index contributed by atoms with van der Waals surface area (Å²) in [7, 11) is 0. The quantitative estimate of drug-likeness (QED) is 0.545. The molecule has 0 radical (unpaired) electrons.